The summed E-state index contributed by atoms with van der Waals surface area (Å²) in [4.78, 5) is 41.4. The molecule has 5 rings (SSSR count). The predicted molar refractivity (Wildman–Crippen MR) is 137 cm³/mol. The summed E-state index contributed by atoms with van der Waals surface area (Å²) >= 11 is 7.26. The highest BCUT2D eigenvalue weighted by molar-refractivity contribution is 7.18. The van der Waals surface area contributed by atoms with Crippen molar-refractivity contribution in [3.8, 4) is 0 Å². The molecular formula is C26H30ClN3O4S. The van der Waals surface area contributed by atoms with Gasteiger partial charge in [-0.3, -0.25) is 14.4 Å². The van der Waals surface area contributed by atoms with Gasteiger partial charge in [-0.25, -0.2) is 0 Å². The molecule has 0 spiro atoms. The fourth-order valence-electron chi connectivity index (χ4n) is 5.60. The number of hydrogen-bond acceptors (Lipinski definition) is 5. The second-order valence-electron chi connectivity index (χ2n) is 10.3. The van der Waals surface area contributed by atoms with Crippen molar-refractivity contribution in [2.45, 2.75) is 51.5 Å². The van der Waals surface area contributed by atoms with Crippen molar-refractivity contribution in [3.05, 3.63) is 45.1 Å². The molecule has 2 aromatic rings. The van der Waals surface area contributed by atoms with E-state index in [1.807, 2.05) is 25.1 Å². The number of nitrogens with one attached hydrogen (secondary N) is 2. The molecule has 1 aromatic heterocycles. The van der Waals surface area contributed by atoms with Crippen molar-refractivity contribution >= 4 is 52.0 Å². The van der Waals surface area contributed by atoms with Gasteiger partial charge in [-0.2, -0.15) is 0 Å². The van der Waals surface area contributed by atoms with Gasteiger partial charge in [-0.15, -0.1) is 11.3 Å². The molecule has 2 heterocycles. The number of carbonyl (C=O) groups excluding carboxylic acids is 3. The number of hydrogen-bond donors (Lipinski definition) is 2. The number of rotatable bonds is 5. The lowest BCUT2D eigenvalue weighted by Crippen LogP contribution is -2.57. The lowest BCUT2D eigenvalue weighted by Gasteiger charge is -2.33. The zero-order valence-electron chi connectivity index (χ0n) is 20.0. The molecule has 1 aromatic carbocycles. The number of thiophene rings is 1. The maximum absolute atomic E-state index is 13.8. The Kier molecular flexibility index (Phi) is 6.40. The first-order chi connectivity index (χ1) is 16.7. The maximum Gasteiger partial charge on any atom is 0.262 e. The van der Waals surface area contributed by atoms with Crippen LogP contribution < -0.4 is 15.5 Å². The minimum absolute atomic E-state index is 0.0718. The van der Waals surface area contributed by atoms with Crippen LogP contribution in [0.15, 0.2) is 30.3 Å². The van der Waals surface area contributed by atoms with Gasteiger partial charge in [0.2, 0.25) is 5.91 Å². The van der Waals surface area contributed by atoms with Gasteiger partial charge < -0.3 is 20.3 Å². The molecular weight excluding hydrogens is 486 g/mol. The Labute approximate surface area is 214 Å². The van der Waals surface area contributed by atoms with E-state index in [9.17, 15) is 14.4 Å². The second kappa shape index (κ2) is 9.22. The lowest BCUT2D eigenvalue weighted by atomic mass is 9.87. The molecule has 2 N–H and O–H groups in total. The minimum Gasteiger partial charge on any atom is -0.370 e. The van der Waals surface area contributed by atoms with Crippen molar-refractivity contribution in [2.75, 3.05) is 30.0 Å². The normalized spacial score (nSPS) is 28.1. The van der Waals surface area contributed by atoms with Crippen LogP contribution in [0.25, 0.3) is 0 Å². The zero-order valence-corrected chi connectivity index (χ0v) is 21.6. The largest absolute Gasteiger partial charge is 0.370 e. The first-order valence-electron chi connectivity index (χ1n) is 12.1. The molecule has 3 aliphatic rings. The minimum atomic E-state index is -0.987. The fraction of sp³-hybridized carbons (Fsp3) is 0.500. The maximum atomic E-state index is 13.8. The molecule has 0 bridgehead atoms. The Morgan fingerprint density at radius 1 is 1.20 bits per heavy atom. The Balaban J connectivity index is 1.38. The van der Waals surface area contributed by atoms with Crippen LogP contribution in [0.1, 0.15) is 54.3 Å². The molecule has 1 aliphatic heterocycles. The number of aryl methyl sites for hydroxylation is 1. The van der Waals surface area contributed by atoms with Crippen molar-refractivity contribution in [2.24, 2.45) is 11.3 Å². The van der Waals surface area contributed by atoms with Crippen LogP contribution in [0, 0.1) is 18.3 Å². The van der Waals surface area contributed by atoms with Crippen molar-refractivity contribution in [3.63, 3.8) is 0 Å². The monoisotopic (exact) mass is 515 g/mol. The zero-order chi connectivity index (χ0) is 24.8. The summed E-state index contributed by atoms with van der Waals surface area (Å²) in [6, 6.07) is 8.94. The summed E-state index contributed by atoms with van der Waals surface area (Å²) in [6.07, 6.45) is 4.25. The topological polar surface area (TPSA) is 87.7 Å². The number of nitrogens with zero attached hydrogens (tertiary/aromatic N) is 1. The van der Waals surface area contributed by atoms with Crippen molar-refractivity contribution < 1.29 is 19.1 Å². The van der Waals surface area contributed by atoms with Crippen LogP contribution in [-0.2, 0) is 14.3 Å². The van der Waals surface area contributed by atoms with E-state index in [4.69, 9.17) is 16.3 Å². The number of halogens is 1. The summed E-state index contributed by atoms with van der Waals surface area (Å²) in [5.74, 6) is -0.116. The van der Waals surface area contributed by atoms with Gasteiger partial charge in [0.15, 0.2) is 0 Å². The first-order valence-corrected chi connectivity index (χ1v) is 13.3. The number of fused-ring (bicyclic) bond motifs is 1. The summed E-state index contributed by atoms with van der Waals surface area (Å²) in [7, 11) is 0. The van der Waals surface area contributed by atoms with E-state index in [0.717, 1.165) is 30.5 Å². The third-order valence-electron chi connectivity index (χ3n) is 7.80. The quantitative estimate of drug-likeness (QED) is 0.600. The molecule has 2 saturated carbocycles. The van der Waals surface area contributed by atoms with Gasteiger partial charge in [0, 0.05) is 17.9 Å². The molecule has 3 atom stereocenters. The smallest absolute Gasteiger partial charge is 0.262 e. The summed E-state index contributed by atoms with van der Waals surface area (Å²) in [6.45, 7) is 5.29. The molecule has 1 saturated heterocycles. The van der Waals surface area contributed by atoms with Crippen LogP contribution in [0.3, 0.4) is 0 Å². The molecule has 9 heteroatoms. The van der Waals surface area contributed by atoms with Gasteiger partial charge >= 0.3 is 0 Å². The number of benzene rings is 1. The standard InChI is InChI=1S/C26H30ClN3O4S/c1-16-12-18(4-5-19(16)30-10-11-34-15-22(30)31)28-24(33)26(9-3-8-25(2)13-17(25)14-26)29-23(32)20-6-7-21(27)35-20/h4-7,12,17H,3,8-11,13-15H2,1-2H3,(H,28,33)(H,29,32). The predicted octanol–water partition coefficient (Wildman–Crippen LogP) is 4.78. The number of amides is 3. The van der Waals surface area contributed by atoms with Crippen LogP contribution in [-0.4, -0.2) is 43.0 Å². The van der Waals surface area contributed by atoms with Gasteiger partial charge in [0.1, 0.15) is 12.1 Å². The first kappa shape index (κ1) is 24.3. The molecule has 186 valence electrons. The van der Waals surface area contributed by atoms with Gasteiger partial charge in [0.05, 0.1) is 15.8 Å². The van der Waals surface area contributed by atoms with Gasteiger partial charge in [-0.05, 0) is 79.8 Å². The highest BCUT2D eigenvalue weighted by atomic mass is 35.5. The summed E-state index contributed by atoms with van der Waals surface area (Å²) < 4.78 is 5.77. The molecule has 0 radical (unpaired) electrons. The van der Waals surface area contributed by atoms with E-state index in [1.165, 1.54) is 11.3 Å². The van der Waals surface area contributed by atoms with Crippen LogP contribution in [0.5, 0.6) is 0 Å². The van der Waals surface area contributed by atoms with E-state index >= 15 is 0 Å². The van der Waals surface area contributed by atoms with Crippen molar-refractivity contribution in [1.82, 2.24) is 5.32 Å². The average Bonchev–Trinajstić information content (AvgIpc) is 3.25. The number of ether oxygens (including phenoxy) is 1. The second-order valence-corrected chi connectivity index (χ2v) is 12.0. The number of carbonyl (C=O) groups is 3. The third kappa shape index (κ3) is 4.84. The summed E-state index contributed by atoms with van der Waals surface area (Å²) in [5, 5.41) is 6.19. The molecule has 7 nitrogen and oxygen atoms in total. The average molecular weight is 516 g/mol. The van der Waals surface area contributed by atoms with Crippen LogP contribution in [0.4, 0.5) is 11.4 Å². The summed E-state index contributed by atoms with van der Waals surface area (Å²) in [5.41, 5.74) is 1.63. The Morgan fingerprint density at radius 2 is 2.03 bits per heavy atom. The van der Waals surface area contributed by atoms with E-state index in [1.54, 1.807) is 17.0 Å². The molecule has 2 aliphatic carbocycles. The fourth-order valence-corrected chi connectivity index (χ4v) is 6.54. The van der Waals surface area contributed by atoms with Crippen LogP contribution in [0.2, 0.25) is 4.34 Å². The number of morpholine rings is 1. The Hall–Kier alpha value is -2.42. The molecule has 3 unspecified atom stereocenters. The van der Waals surface area contributed by atoms with E-state index in [2.05, 4.69) is 17.6 Å². The van der Waals surface area contributed by atoms with Crippen LogP contribution >= 0.6 is 22.9 Å². The molecule has 35 heavy (non-hydrogen) atoms. The third-order valence-corrected chi connectivity index (χ3v) is 9.03. The lowest BCUT2D eigenvalue weighted by molar-refractivity contribution is -0.125. The van der Waals surface area contributed by atoms with E-state index in [-0.39, 0.29) is 29.7 Å². The van der Waals surface area contributed by atoms with Gasteiger partial charge in [-0.1, -0.05) is 24.9 Å². The highest BCUT2D eigenvalue weighted by Crippen LogP contribution is 2.61. The number of anilines is 2. The SMILES string of the molecule is Cc1cc(NC(=O)C2(NC(=O)c3ccc(Cl)s3)CCCC3(C)CC3C2)ccc1N1CCOCC1=O. The molecule has 3 fully saturated rings. The van der Waals surface area contributed by atoms with Gasteiger partial charge in [0.25, 0.3) is 11.8 Å². The van der Waals surface area contributed by atoms with E-state index in [0.29, 0.717) is 46.8 Å². The molecule has 3 amide bonds. The Bertz CT molecular complexity index is 1180. The van der Waals surface area contributed by atoms with Crippen molar-refractivity contribution in [1.29, 1.82) is 0 Å². The van der Waals surface area contributed by atoms with E-state index < -0.39 is 5.54 Å². The Morgan fingerprint density at radius 3 is 2.74 bits per heavy atom. The highest BCUT2D eigenvalue weighted by Gasteiger charge is 2.57.